The van der Waals surface area contributed by atoms with Crippen molar-refractivity contribution < 1.29 is 0 Å². The van der Waals surface area contributed by atoms with Crippen LogP contribution in [0.5, 0.6) is 0 Å². The van der Waals surface area contributed by atoms with Crippen LogP contribution in [0, 0.1) is 17.2 Å². The molecule has 0 saturated heterocycles. The average Bonchev–Trinajstić information content (AvgIpc) is 2.56. The molecule has 1 aliphatic heterocycles. The van der Waals surface area contributed by atoms with Crippen LogP contribution in [0.1, 0.15) is 52.4 Å². The third kappa shape index (κ3) is 4.29. The first-order valence-electron chi connectivity index (χ1n) is 9.11. The minimum Gasteiger partial charge on any atom is -0.373 e. The average molecular weight is 322 g/mol. The molecule has 0 fully saturated rings. The van der Waals surface area contributed by atoms with Gasteiger partial charge in [0, 0.05) is 13.0 Å². The summed E-state index contributed by atoms with van der Waals surface area (Å²) in [7, 11) is 2.11. The predicted octanol–water partition coefficient (Wildman–Crippen LogP) is 5.68. The lowest BCUT2D eigenvalue weighted by molar-refractivity contribution is 0.295. The minimum atomic E-state index is 0.275. The highest BCUT2D eigenvalue weighted by atomic mass is 15.1. The van der Waals surface area contributed by atoms with Crippen LogP contribution < -0.4 is 0 Å². The number of allylic oxidation sites excluding steroid dienone is 6. The highest BCUT2D eigenvalue weighted by Gasteiger charge is 2.29. The molecule has 2 unspecified atom stereocenters. The summed E-state index contributed by atoms with van der Waals surface area (Å²) >= 11 is 0. The molecule has 2 heteroatoms. The first-order chi connectivity index (χ1) is 11.6. The Morgan fingerprint density at radius 2 is 2.21 bits per heavy atom. The van der Waals surface area contributed by atoms with E-state index in [1.807, 2.05) is 6.08 Å². The zero-order chi connectivity index (χ0) is 17.5. The van der Waals surface area contributed by atoms with E-state index in [-0.39, 0.29) is 6.04 Å². The fraction of sp³-hybridized carbons (Fsp3) is 0.500. The van der Waals surface area contributed by atoms with Crippen LogP contribution in [-0.2, 0) is 0 Å². The Hall–Kier alpha value is -2.01. The Kier molecular flexibility index (Phi) is 6.67. The standard InChI is InChI=1S/C22H30N2/c1-5-6-7-9-18-11-12-20(16-21(18)17(2)3)22-19(13-14-23)10-8-15-24(22)4/h8,10-11,15-16,20,22H,2,5-7,9,12-13H2,1,3-4H3. The molecule has 2 atom stereocenters. The van der Waals surface area contributed by atoms with Gasteiger partial charge in [0.25, 0.3) is 0 Å². The van der Waals surface area contributed by atoms with Crippen LogP contribution in [-0.4, -0.2) is 18.0 Å². The molecule has 0 saturated carbocycles. The molecular formula is C22H30N2. The number of rotatable bonds is 7. The van der Waals surface area contributed by atoms with Gasteiger partial charge in [-0.1, -0.05) is 50.1 Å². The van der Waals surface area contributed by atoms with Gasteiger partial charge >= 0.3 is 0 Å². The summed E-state index contributed by atoms with van der Waals surface area (Å²) in [5, 5.41) is 9.15. The smallest absolute Gasteiger partial charge is 0.0667 e. The van der Waals surface area contributed by atoms with Crippen molar-refractivity contribution in [2.45, 2.75) is 58.4 Å². The van der Waals surface area contributed by atoms with Crippen molar-refractivity contribution in [3.05, 3.63) is 59.4 Å². The van der Waals surface area contributed by atoms with Gasteiger partial charge in [-0.3, -0.25) is 0 Å². The number of nitrogens with zero attached hydrogens (tertiary/aromatic N) is 2. The van der Waals surface area contributed by atoms with Crippen LogP contribution in [0.4, 0.5) is 0 Å². The summed E-state index contributed by atoms with van der Waals surface area (Å²) in [5.41, 5.74) is 5.17. The Labute approximate surface area is 147 Å². The third-order valence-corrected chi connectivity index (χ3v) is 5.01. The maximum Gasteiger partial charge on any atom is 0.0667 e. The van der Waals surface area contributed by atoms with Crippen molar-refractivity contribution in [1.82, 2.24) is 4.90 Å². The topological polar surface area (TPSA) is 27.0 Å². The predicted molar refractivity (Wildman–Crippen MR) is 102 cm³/mol. The molecule has 128 valence electrons. The van der Waals surface area contributed by atoms with Crippen molar-refractivity contribution >= 4 is 0 Å². The van der Waals surface area contributed by atoms with E-state index in [1.165, 1.54) is 36.0 Å². The zero-order valence-corrected chi connectivity index (χ0v) is 15.4. The molecule has 0 spiro atoms. The SMILES string of the molecule is C=C(C)C1=CC(C2C(CC#N)=CC=CN2C)CC=C1CCCCC. The van der Waals surface area contributed by atoms with E-state index in [1.54, 1.807) is 0 Å². The molecule has 1 heterocycles. The number of unbranched alkanes of at least 4 members (excludes halogenated alkanes) is 2. The molecule has 1 aliphatic carbocycles. The van der Waals surface area contributed by atoms with Crippen LogP contribution in [0.25, 0.3) is 0 Å². The van der Waals surface area contributed by atoms with E-state index >= 15 is 0 Å². The molecule has 2 aliphatic rings. The summed E-state index contributed by atoms with van der Waals surface area (Å²) in [6.45, 7) is 8.56. The molecule has 0 aromatic carbocycles. The van der Waals surface area contributed by atoms with E-state index in [0.717, 1.165) is 18.4 Å². The van der Waals surface area contributed by atoms with E-state index < -0.39 is 0 Å². The minimum absolute atomic E-state index is 0.275. The second kappa shape index (κ2) is 8.73. The maximum absolute atomic E-state index is 9.15. The van der Waals surface area contributed by atoms with Crippen molar-refractivity contribution in [3.63, 3.8) is 0 Å². The van der Waals surface area contributed by atoms with Crippen molar-refractivity contribution in [2.75, 3.05) is 7.05 Å². The Morgan fingerprint density at radius 1 is 1.42 bits per heavy atom. The number of likely N-dealkylation sites (N-methyl/N-ethyl adjacent to an activating group) is 1. The summed E-state index contributed by atoms with van der Waals surface area (Å²) in [4.78, 5) is 2.25. The number of nitriles is 1. The van der Waals surface area contributed by atoms with Gasteiger partial charge in [0.2, 0.25) is 0 Å². The van der Waals surface area contributed by atoms with E-state index in [4.69, 9.17) is 5.26 Å². The van der Waals surface area contributed by atoms with E-state index in [9.17, 15) is 0 Å². The normalized spacial score (nSPS) is 23.2. The van der Waals surface area contributed by atoms with Gasteiger partial charge in [0.1, 0.15) is 0 Å². The fourth-order valence-electron chi connectivity index (χ4n) is 3.80. The summed E-state index contributed by atoms with van der Waals surface area (Å²) in [5.74, 6) is 0.404. The van der Waals surface area contributed by atoms with Crippen molar-refractivity contribution in [3.8, 4) is 6.07 Å². The molecule has 0 aromatic heterocycles. The first kappa shape index (κ1) is 18.3. The highest BCUT2D eigenvalue weighted by Crippen LogP contribution is 2.36. The van der Waals surface area contributed by atoms with Crippen LogP contribution in [0.15, 0.2) is 59.4 Å². The third-order valence-electron chi connectivity index (χ3n) is 5.01. The Morgan fingerprint density at radius 3 is 2.88 bits per heavy atom. The summed E-state index contributed by atoms with van der Waals surface area (Å²) in [6, 6.07) is 2.60. The molecule has 2 nitrogen and oxygen atoms in total. The van der Waals surface area contributed by atoms with Gasteiger partial charge in [-0.15, -0.1) is 0 Å². The van der Waals surface area contributed by atoms with Crippen LogP contribution >= 0.6 is 0 Å². The van der Waals surface area contributed by atoms with E-state index in [2.05, 4.69) is 62.9 Å². The van der Waals surface area contributed by atoms with Gasteiger partial charge in [0.05, 0.1) is 18.5 Å². The second-order valence-electron chi connectivity index (χ2n) is 6.97. The van der Waals surface area contributed by atoms with Crippen molar-refractivity contribution in [2.24, 2.45) is 5.92 Å². The van der Waals surface area contributed by atoms with E-state index in [0.29, 0.717) is 12.3 Å². The molecule has 0 radical (unpaired) electrons. The molecule has 0 bridgehead atoms. The molecule has 0 aromatic rings. The lowest BCUT2D eigenvalue weighted by atomic mass is 9.78. The highest BCUT2D eigenvalue weighted by molar-refractivity contribution is 5.48. The molecule has 2 rings (SSSR count). The Balaban J connectivity index is 2.21. The van der Waals surface area contributed by atoms with Crippen LogP contribution in [0.2, 0.25) is 0 Å². The zero-order valence-electron chi connectivity index (χ0n) is 15.4. The lowest BCUT2D eigenvalue weighted by Crippen LogP contribution is -2.37. The molecule has 0 amide bonds. The summed E-state index contributed by atoms with van der Waals surface area (Å²) in [6.07, 6.45) is 17.6. The summed E-state index contributed by atoms with van der Waals surface area (Å²) < 4.78 is 0. The molecule has 24 heavy (non-hydrogen) atoms. The quantitative estimate of drug-likeness (QED) is 0.563. The lowest BCUT2D eigenvalue weighted by Gasteiger charge is -2.37. The van der Waals surface area contributed by atoms with Gasteiger partial charge < -0.3 is 4.90 Å². The fourth-order valence-corrected chi connectivity index (χ4v) is 3.80. The maximum atomic E-state index is 9.15. The molecule has 0 N–H and O–H groups in total. The number of hydrogen-bond donors (Lipinski definition) is 0. The number of hydrogen-bond acceptors (Lipinski definition) is 2. The van der Waals surface area contributed by atoms with Gasteiger partial charge in [-0.2, -0.15) is 5.26 Å². The van der Waals surface area contributed by atoms with Gasteiger partial charge in [0.15, 0.2) is 0 Å². The second-order valence-corrected chi connectivity index (χ2v) is 6.97. The Bertz CT molecular complexity index is 625. The monoisotopic (exact) mass is 322 g/mol. The van der Waals surface area contributed by atoms with Crippen LogP contribution in [0.3, 0.4) is 0 Å². The largest absolute Gasteiger partial charge is 0.373 e. The first-order valence-corrected chi connectivity index (χ1v) is 9.11. The van der Waals surface area contributed by atoms with Crippen molar-refractivity contribution in [1.29, 1.82) is 5.26 Å². The molecular weight excluding hydrogens is 292 g/mol. The van der Waals surface area contributed by atoms with Gasteiger partial charge in [-0.25, -0.2) is 0 Å². The van der Waals surface area contributed by atoms with Gasteiger partial charge in [-0.05, 0) is 55.2 Å².